The number of rotatable bonds is 5. The monoisotopic (exact) mass is 323 g/mol. The molecular formula is C20H21NO3. The molecule has 0 N–H and O–H groups in total. The molecule has 0 radical (unpaired) electrons. The molecule has 4 heteroatoms. The van der Waals surface area contributed by atoms with Crippen molar-refractivity contribution in [2.45, 2.75) is 20.0 Å². The number of esters is 1. The van der Waals surface area contributed by atoms with E-state index in [2.05, 4.69) is 0 Å². The van der Waals surface area contributed by atoms with E-state index in [1.54, 1.807) is 20.0 Å². The molecule has 0 saturated carbocycles. The van der Waals surface area contributed by atoms with Crippen LogP contribution in [0.4, 0.5) is 5.69 Å². The van der Waals surface area contributed by atoms with Gasteiger partial charge >= 0.3 is 5.97 Å². The van der Waals surface area contributed by atoms with Gasteiger partial charge in [0.25, 0.3) is 5.91 Å². The van der Waals surface area contributed by atoms with Gasteiger partial charge in [-0.3, -0.25) is 4.79 Å². The summed E-state index contributed by atoms with van der Waals surface area (Å²) < 4.78 is 5.20. The van der Waals surface area contributed by atoms with E-state index in [4.69, 9.17) is 4.74 Å². The number of carbonyl (C=O) groups excluding carboxylic acids is 2. The van der Waals surface area contributed by atoms with E-state index in [1.807, 2.05) is 61.5 Å². The first-order valence-corrected chi connectivity index (χ1v) is 7.76. The molecule has 24 heavy (non-hydrogen) atoms. The molecule has 2 aromatic carbocycles. The van der Waals surface area contributed by atoms with Crippen molar-refractivity contribution in [2.75, 3.05) is 11.9 Å². The van der Waals surface area contributed by atoms with Crippen molar-refractivity contribution in [1.82, 2.24) is 0 Å². The van der Waals surface area contributed by atoms with Crippen molar-refractivity contribution in [1.29, 1.82) is 0 Å². The third-order valence-corrected chi connectivity index (χ3v) is 3.70. The van der Waals surface area contributed by atoms with Crippen LogP contribution in [0.2, 0.25) is 0 Å². The number of hydrogen-bond acceptors (Lipinski definition) is 3. The van der Waals surface area contributed by atoms with Crippen molar-refractivity contribution in [3.8, 4) is 0 Å². The molecule has 0 aliphatic heterocycles. The van der Waals surface area contributed by atoms with Crippen LogP contribution in [-0.4, -0.2) is 25.0 Å². The van der Waals surface area contributed by atoms with Gasteiger partial charge in [-0.15, -0.1) is 0 Å². The second-order valence-electron chi connectivity index (χ2n) is 5.50. The number of likely N-dealkylation sites (N-methyl/N-ethyl adjacent to an activating group) is 1. The number of ether oxygens (including phenoxy) is 1. The summed E-state index contributed by atoms with van der Waals surface area (Å²) in [5.41, 5.74) is 2.75. The molecule has 1 atom stereocenters. The van der Waals surface area contributed by atoms with Gasteiger partial charge in [-0.05, 0) is 43.2 Å². The highest BCUT2D eigenvalue weighted by molar-refractivity contribution is 5.98. The molecule has 0 spiro atoms. The average molecular weight is 323 g/mol. The molecule has 0 saturated heterocycles. The number of hydrogen-bond donors (Lipinski definition) is 0. The van der Waals surface area contributed by atoms with Crippen molar-refractivity contribution >= 4 is 23.6 Å². The summed E-state index contributed by atoms with van der Waals surface area (Å²) in [7, 11) is 1.66. The highest BCUT2D eigenvalue weighted by Crippen LogP contribution is 2.13. The van der Waals surface area contributed by atoms with E-state index < -0.39 is 12.1 Å². The summed E-state index contributed by atoms with van der Waals surface area (Å²) in [5, 5.41) is 0. The largest absolute Gasteiger partial charge is 0.449 e. The Labute approximate surface area is 142 Å². The second kappa shape index (κ2) is 8.11. The van der Waals surface area contributed by atoms with Crippen LogP contribution < -0.4 is 4.90 Å². The van der Waals surface area contributed by atoms with Crippen LogP contribution in [0.25, 0.3) is 6.08 Å². The molecule has 0 heterocycles. The van der Waals surface area contributed by atoms with Crippen LogP contribution in [0.1, 0.15) is 18.1 Å². The third kappa shape index (κ3) is 4.56. The van der Waals surface area contributed by atoms with Crippen molar-refractivity contribution in [3.63, 3.8) is 0 Å². The fourth-order valence-electron chi connectivity index (χ4n) is 2.25. The standard InChI is InChI=1S/C20H21NO3/c1-15-9-7-8-10-17(15)13-14-19(22)24-16(2)20(23)21(3)18-11-5-4-6-12-18/h4-14,16H,1-3H3/b14-13+/t16-/m1/s1. The number of carbonyl (C=O) groups is 2. The second-order valence-corrected chi connectivity index (χ2v) is 5.50. The van der Waals surface area contributed by atoms with Crippen LogP contribution >= 0.6 is 0 Å². The minimum absolute atomic E-state index is 0.279. The fraction of sp³-hybridized carbons (Fsp3) is 0.200. The topological polar surface area (TPSA) is 46.6 Å². The summed E-state index contributed by atoms with van der Waals surface area (Å²) in [6, 6.07) is 16.9. The van der Waals surface area contributed by atoms with Gasteiger partial charge in [-0.1, -0.05) is 42.5 Å². The van der Waals surface area contributed by atoms with Gasteiger partial charge in [-0.25, -0.2) is 4.79 Å². The van der Waals surface area contributed by atoms with E-state index in [-0.39, 0.29) is 5.91 Å². The van der Waals surface area contributed by atoms with E-state index in [1.165, 1.54) is 11.0 Å². The maximum absolute atomic E-state index is 12.3. The Bertz CT molecular complexity index is 738. The molecular weight excluding hydrogens is 302 g/mol. The summed E-state index contributed by atoms with van der Waals surface area (Å²) in [6.45, 7) is 3.53. The lowest BCUT2D eigenvalue weighted by Crippen LogP contribution is -2.37. The summed E-state index contributed by atoms with van der Waals surface area (Å²) in [5.74, 6) is -0.820. The fourth-order valence-corrected chi connectivity index (χ4v) is 2.25. The van der Waals surface area contributed by atoms with E-state index >= 15 is 0 Å². The van der Waals surface area contributed by atoms with Crippen LogP contribution in [0.15, 0.2) is 60.7 Å². The molecule has 1 amide bonds. The Balaban J connectivity index is 1.96. The van der Waals surface area contributed by atoms with Crippen LogP contribution in [0.3, 0.4) is 0 Å². The Morgan fingerprint density at radius 1 is 1.04 bits per heavy atom. The predicted octanol–water partition coefficient (Wildman–Crippen LogP) is 3.60. The van der Waals surface area contributed by atoms with Crippen LogP contribution in [0.5, 0.6) is 0 Å². The molecule has 0 fully saturated rings. The minimum Gasteiger partial charge on any atom is -0.449 e. The Morgan fingerprint density at radius 2 is 1.67 bits per heavy atom. The molecule has 2 rings (SSSR count). The number of amides is 1. The van der Waals surface area contributed by atoms with Gasteiger partial charge in [-0.2, -0.15) is 0 Å². The zero-order valence-electron chi connectivity index (χ0n) is 14.1. The molecule has 4 nitrogen and oxygen atoms in total. The van der Waals surface area contributed by atoms with Crippen molar-refractivity contribution < 1.29 is 14.3 Å². The molecule has 0 aliphatic carbocycles. The summed E-state index contributed by atoms with van der Waals surface area (Å²) >= 11 is 0. The zero-order valence-corrected chi connectivity index (χ0v) is 14.1. The van der Waals surface area contributed by atoms with Gasteiger partial charge in [0, 0.05) is 18.8 Å². The Kier molecular flexibility index (Phi) is 5.90. The number of anilines is 1. The minimum atomic E-state index is -0.857. The number of benzene rings is 2. The highest BCUT2D eigenvalue weighted by atomic mass is 16.5. The quantitative estimate of drug-likeness (QED) is 0.624. The molecule has 0 aromatic heterocycles. The molecule has 0 aliphatic rings. The first-order valence-electron chi connectivity index (χ1n) is 7.76. The Morgan fingerprint density at radius 3 is 2.33 bits per heavy atom. The van der Waals surface area contributed by atoms with Crippen molar-refractivity contribution in [3.05, 3.63) is 71.8 Å². The first kappa shape index (κ1) is 17.5. The lowest BCUT2D eigenvalue weighted by atomic mass is 10.1. The first-order chi connectivity index (χ1) is 11.5. The molecule has 0 bridgehead atoms. The van der Waals surface area contributed by atoms with E-state index in [9.17, 15) is 9.59 Å². The molecule has 124 valence electrons. The lowest BCUT2D eigenvalue weighted by molar-refractivity contribution is -0.148. The van der Waals surface area contributed by atoms with Gasteiger partial charge in [0.1, 0.15) is 0 Å². The summed E-state index contributed by atoms with van der Waals surface area (Å²) in [6.07, 6.45) is 2.17. The zero-order chi connectivity index (χ0) is 17.5. The number of para-hydroxylation sites is 1. The highest BCUT2D eigenvalue weighted by Gasteiger charge is 2.21. The van der Waals surface area contributed by atoms with Gasteiger partial charge in [0.15, 0.2) is 6.10 Å². The normalized spacial score (nSPS) is 12.0. The third-order valence-electron chi connectivity index (χ3n) is 3.70. The predicted molar refractivity (Wildman–Crippen MR) is 95.6 cm³/mol. The average Bonchev–Trinajstić information content (AvgIpc) is 2.60. The number of aryl methyl sites for hydroxylation is 1. The maximum Gasteiger partial charge on any atom is 0.331 e. The maximum atomic E-state index is 12.3. The summed E-state index contributed by atoms with van der Waals surface area (Å²) in [4.78, 5) is 25.7. The van der Waals surface area contributed by atoms with Crippen molar-refractivity contribution in [2.24, 2.45) is 0 Å². The molecule has 2 aromatic rings. The van der Waals surface area contributed by atoms with Crippen LogP contribution in [0, 0.1) is 6.92 Å². The Hall–Kier alpha value is -2.88. The molecule has 0 unspecified atom stereocenters. The smallest absolute Gasteiger partial charge is 0.331 e. The van der Waals surface area contributed by atoms with Gasteiger partial charge in [0.2, 0.25) is 0 Å². The van der Waals surface area contributed by atoms with Crippen LogP contribution in [-0.2, 0) is 14.3 Å². The SMILES string of the molecule is Cc1ccccc1/C=C/C(=O)O[C@H](C)C(=O)N(C)c1ccccc1. The van der Waals surface area contributed by atoms with Gasteiger partial charge < -0.3 is 9.64 Å². The van der Waals surface area contributed by atoms with Gasteiger partial charge in [0.05, 0.1) is 0 Å². The lowest BCUT2D eigenvalue weighted by Gasteiger charge is -2.21. The number of nitrogens with zero attached hydrogens (tertiary/aromatic N) is 1. The van der Waals surface area contributed by atoms with E-state index in [0.717, 1.165) is 16.8 Å². The van der Waals surface area contributed by atoms with E-state index in [0.29, 0.717) is 0 Å².